The Morgan fingerprint density at radius 1 is 0.710 bits per heavy atom. The van der Waals surface area contributed by atoms with Gasteiger partial charge in [-0.05, 0) is 18.6 Å². The van der Waals surface area contributed by atoms with Gasteiger partial charge in [0.1, 0.15) is 0 Å². The third-order valence-corrected chi connectivity index (χ3v) is 6.12. The lowest BCUT2D eigenvalue weighted by Crippen LogP contribution is -2.19. The van der Waals surface area contributed by atoms with E-state index in [1.54, 1.807) is 0 Å². The summed E-state index contributed by atoms with van der Waals surface area (Å²) in [5.41, 5.74) is 0.789. The molecule has 31 heavy (non-hydrogen) atoms. The van der Waals surface area contributed by atoms with Crippen LogP contribution in [0, 0.1) is 0 Å². The fourth-order valence-corrected chi connectivity index (χ4v) is 4.15. The fraction of sp³-hybridized carbons (Fsp3) is 0.750. The van der Waals surface area contributed by atoms with Gasteiger partial charge in [0.25, 0.3) is 0 Å². The smallest absolute Gasteiger partial charge is 0.226 e. The van der Waals surface area contributed by atoms with Crippen LogP contribution in [0.1, 0.15) is 129 Å². The summed E-state index contributed by atoms with van der Waals surface area (Å²) in [5.74, 6) is -0.106. The maximum Gasteiger partial charge on any atom is 0.226 e. The van der Waals surface area contributed by atoms with Gasteiger partial charge in [0.2, 0.25) is 5.91 Å². The molecule has 0 aliphatic carbocycles. The minimum Gasteiger partial charge on any atom is -0.393 e. The minimum absolute atomic E-state index is 0.106. The van der Waals surface area contributed by atoms with E-state index in [1.807, 2.05) is 30.3 Å². The molecule has 3 nitrogen and oxygen atoms in total. The van der Waals surface area contributed by atoms with E-state index in [9.17, 15) is 9.90 Å². The highest BCUT2D eigenvalue weighted by molar-refractivity contribution is 5.90. The number of aliphatic hydroxyl groups excluding tert-OH is 1. The summed E-state index contributed by atoms with van der Waals surface area (Å²) in [4.78, 5) is 11.9. The third-order valence-electron chi connectivity index (χ3n) is 6.12. The molecule has 1 aromatic carbocycles. The molecule has 0 aromatic heterocycles. The molecule has 1 unspecified atom stereocenters. The summed E-state index contributed by atoms with van der Waals surface area (Å²) in [6.45, 7) is 2.28. The lowest BCUT2D eigenvalue weighted by Gasteiger charge is -2.11. The van der Waals surface area contributed by atoms with Gasteiger partial charge in [-0.15, -0.1) is 0 Å². The number of anilines is 1. The molecule has 3 heteroatoms. The Bertz CT molecular complexity index is 517. The van der Waals surface area contributed by atoms with Crippen LogP contribution in [0.2, 0.25) is 0 Å². The standard InChI is InChI=1S/C28H49NO2/c1-2-3-4-5-6-7-8-9-10-11-12-13-14-15-16-17-21-24-27(30)25-28(31)29-26-22-19-18-20-23-26/h18-20,22-23,27,30H,2-17,21,24-25H2,1H3,(H,29,31). The van der Waals surface area contributed by atoms with Crippen molar-refractivity contribution in [3.63, 3.8) is 0 Å². The van der Waals surface area contributed by atoms with Gasteiger partial charge in [0.05, 0.1) is 12.5 Å². The van der Waals surface area contributed by atoms with Gasteiger partial charge in [0, 0.05) is 5.69 Å². The van der Waals surface area contributed by atoms with Crippen LogP contribution in [-0.4, -0.2) is 17.1 Å². The Labute approximate surface area is 192 Å². The van der Waals surface area contributed by atoms with Gasteiger partial charge >= 0.3 is 0 Å². The van der Waals surface area contributed by atoms with Crippen molar-refractivity contribution in [2.45, 2.75) is 135 Å². The molecular formula is C28H49NO2. The van der Waals surface area contributed by atoms with Crippen molar-refractivity contribution >= 4 is 11.6 Å². The van der Waals surface area contributed by atoms with Crippen molar-refractivity contribution in [2.75, 3.05) is 5.32 Å². The van der Waals surface area contributed by atoms with Crippen molar-refractivity contribution in [3.05, 3.63) is 30.3 Å². The van der Waals surface area contributed by atoms with Gasteiger partial charge in [-0.1, -0.05) is 134 Å². The maximum atomic E-state index is 11.9. The average Bonchev–Trinajstić information content (AvgIpc) is 2.76. The van der Waals surface area contributed by atoms with Gasteiger partial charge in [-0.2, -0.15) is 0 Å². The molecule has 0 saturated carbocycles. The van der Waals surface area contributed by atoms with Crippen LogP contribution in [0.4, 0.5) is 5.69 Å². The van der Waals surface area contributed by atoms with E-state index in [2.05, 4.69) is 12.2 Å². The van der Waals surface area contributed by atoms with Crippen LogP contribution in [0.3, 0.4) is 0 Å². The normalized spacial score (nSPS) is 12.1. The molecule has 0 heterocycles. The number of hydrogen-bond donors (Lipinski definition) is 2. The lowest BCUT2D eigenvalue weighted by atomic mass is 10.0. The number of carbonyl (C=O) groups excluding carboxylic acids is 1. The Kier molecular flexibility index (Phi) is 18.3. The van der Waals surface area contributed by atoms with Gasteiger partial charge in [-0.3, -0.25) is 4.79 Å². The van der Waals surface area contributed by atoms with E-state index < -0.39 is 6.10 Å². The second-order valence-corrected chi connectivity index (χ2v) is 9.22. The van der Waals surface area contributed by atoms with Crippen LogP contribution in [-0.2, 0) is 4.79 Å². The highest BCUT2D eigenvalue weighted by Gasteiger charge is 2.10. The van der Waals surface area contributed by atoms with Crippen molar-refractivity contribution < 1.29 is 9.90 Å². The molecule has 0 bridgehead atoms. The zero-order valence-corrected chi connectivity index (χ0v) is 20.3. The van der Waals surface area contributed by atoms with E-state index in [1.165, 1.54) is 96.3 Å². The summed E-state index contributed by atoms with van der Waals surface area (Å²) < 4.78 is 0. The number of amides is 1. The van der Waals surface area contributed by atoms with Crippen LogP contribution < -0.4 is 5.32 Å². The second kappa shape index (κ2) is 20.5. The SMILES string of the molecule is CCCCCCCCCCCCCCCCCCCC(O)CC(=O)Nc1ccccc1. The topological polar surface area (TPSA) is 49.3 Å². The molecule has 2 N–H and O–H groups in total. The molecule has 0 aliphatic rings. The Morgan fingerprint density at radius 3 is 1.58 bits per heavy atom. The predicted octanol–water partition coefficient (Wildman–Crippen LogP) is 8.42. The summed E-state index contributed by atoms with van der Waals surface area (Å²) in [6.07, 6.45) is 23.4. The fourth-order valence-electron chi connectivity index (χ4n) is 4.15. The Balaban J connectivity index is 1.79. The quantitative estimate of drug-likeness (QED) is 0.192. The first-order valence-corrected chi connectivity index (χ1v) is 13.3. The Morgan fingerprint density at radius 2 is 1.13 bits per heavy atom. The zero-order chi connectivity index (χ0) is 22.4. The van der Waals surface area contributed by atoms with Crippen molar-refractivity contribution in [2.24, 2.45) is 0 Å². The number of para-hydroxylation sites is 1. The maximum absolute atomic E-state index is 11.9. The van der Waals surface area contributed by atoms with Crippen LogP contribution in [0.25, 0.3) is 0 Å². The Hall–Kier alpha value is -1.35. The first-order valence-electron chi connectivity index (χ1n) is 13.3. The number of rotatable bonds is 21. The number of hydrogen-bond acceptors (Lipinski definition) is 2. The molecule has 1 rings (SSSR count). The zero-order valence-electron chi connectivity index (χ0n) is 20.3. The van der Waals surface area contributed by atoms with Crippen molar-refractivity contribution in [3.8, 4) is 0 Å². The average molecular weight is 432 g/mol. The van der Waals surface area contributed by atoms with Crippen LogP contribution >= 0.6 is 0 Å². The molecule has 1 amide bonds. The summed E-state index contributed by atoms with van der Waals surface area (Å²) in [7, 11) is 0. The van der Waals surface area contributed by atoms with Gasteiger partial charge < -0.3 is 10.4 Å². The van der Waals surface area contributed by atoms with E-state index in [0.29, 0.717) is 0 Å². The lowest BCUT2D eigenvalue weighted by molar-refractivity contribution is -0.118. The minimum atomic E-state index is -0.528. The molecule has 1 atom stereocenters. The van der Waals surface area contributed by atoms with Crippen LogP contribution in [0.15, 0.2) is 30.3 Å². The number of carbonyl (C=O) groups is 1. The molecule has 0 saturated heterocycles. The highest BCUT2D eigenvalue weighted by Crippen LogP contribution is 2.15. The third kappa shape index (κ3) is 18.0. The number of unbranched alkanes of at least 4 members (excludes halogenated alkanes) is 16. The first-order chi connectivity index (χ1) is 15.2. The van der Waals surface area contributed by atoms with Crippen molar-refractivity contribution in [1.29, 1.82) is 0 Å². The van der Waals surface area contributed by atoms with Gasteiger partial charge in [0.15, 0.2) is 0 Å². The monoisotopic (exact) mass is 431 g/mol. The molecule has 1 aromatic rings. The number of aliphatic hydroxyl groups is 1. The largest absolute Gasteiger partial charge is 0.393 e. The number of nitrogens with one attached hydrogen (secondary N) is 1. The molecule has 0 fully saturated rings. The molecule has 0 radical (unpaired) electrons. The molecule has 0 aliphatic heterocycles. The number of benzene rings is 1. The molecular weight excluding hydrogens is 382 g/mol. The summed E-state index contributed by atoms with van der Waals surface area (Å²) in [5, 5.41) is 12.9. The van der Waals surface area contributed by atoms with Crippen LogP contribution in [0.5, 0.6) is 0 Å². The first kappa shape index (κ1) is 27.7. The predicted molar refractivity (Wildman–Crippen MR) is 134 cm³/mol. The molecule has 0 spiro atoms. The second-order valence-electron chi connectivity index (χ2n) is 9.22. The highest BCUT2D eigenvalue weighted by atomic mass is 16.3. The summed E-state index contributed by atoms with van der Waals surface area (Å²) in [6, 6.07) is 9.43. The van der Waals surface area contributed by atoms with E-state index in [-0.39, 0.29) is 12.3 Å². The van der Waals surface area contributed by atoms with E-state index >= 15 is 0 Å². The van der Waals surface area contributed by atoms with Crippen molar-refractivity contribution in [1.82, 2.24) is 0 Å². The molecule has 178 valence electrons. The van der Waals surface area contributed by atoms with E-state index in [4.69, 9.17) is 0 Å². The van der Waals surface area contributed by atoms with E-state index in [0.717, 1.165) is 24.9 Å². The van der Waals surface area contributed by atoms with Gasteiger partial charge in [-0.25, -0.2) is 0 Å². The summed E-state index contributed by atoms with van der Waals surface area (Å²) >= 11 is 0.